The van der Waals surface area contributed by atoms with Gasteiger partial charge in [0.15, 0.2) is 5.78 Å². The van der Waals surface area contributed by atoms with E-state index < -0.39 is 5.54 Å². The molecule has 0 amide bonds. The van der Waals surface area contributed by atoms with E-state index in [1.807, 2.05) is 85.1 Å². The molecule has 0 N–H and O–H groups in total. The highest BCUT2D eigenvalue weighted by Gasteiger charge is 2.49. The van der Waals surface area contributed by atoms with E-state index in [1.165, 1.54) is 0 Å². The minimum absolute atomic E-state index is 0.159. The fourth-order valence-electron chi connectivity index (χ4n) is 3.73. The summed E-state index contributed by atoms with van der Waals surface area (Å²) in [6.07, 6.45) is 12.7. The molecule has 0 bridgehead atoms. The highest BCUT2D eigenvalue weighted by molar-refractivity contribution is 6.16. The third-order valence-electron chi connectivity index (χ3n) is 5.11. The monoisotopic (exact) mass is 339 g/mol. The van der Waals surface area contributed by atoms with Crippen LogP contribution in [0.3, 0.4) is 0 Å². The molecule has 0 aromatic heterocycles. The molecule has 2 aromatic rings. The van der Waals surface area contributed by atoms with Crippen LogP contribution in [0.4, 0.5) is 0 Å². The average Bonchev–Trinajstić information content (AvgIpc) is 2.97. The van der Waals surface area contributed by atoms with E-state index in [4.69, 9.17) is 0 Å². The molecule has 1 atom stereocenters. The van der Waals surface area contributed by atoms with E-state index in [1.54, 1.807) is 0 Å². The Kier molecular flexibility index (Phi) is 4.18. The zero-order valence-corrected chi connectivity index (χ0v) is 14.8. The lowest BCUT2D eigenvalue weighted by Crippen LogP contribution is -2.45. The fraction of sp³-hybridized carbons (Fsp3) is 0.125. The maximum absolute atomic E-state index is 13.5. The summed E-state index contributed by atoms with van der Waals surface area (Å²) in [5, 5.41) is 0. The van der Waals surface area contributed by atoms with Crippen molar-refractivity contribution in [3.8, 4) is 0 Å². The van der Waals surface area contributed by atoms with E-state index in [-0.39, 0.29) is 5.78 Å². The molecule has 0 saturated heterocycles. The Morgan fingerprint density at radius 2 is 1.62 bits per heavy atom. The lowest BCUT2D eigenvalue weighted by atomic mass is 9.87. The van der Waals surface area contributed by atoms with Crippen molar-refractivity contribution < 1.29 is 4.79 Å². The lowest BCUT2D eigenvalue weighted by molar-refractivity contribution is -0.120. The molecule has 0 radical (unpaired) electrons. The minimum Gasteiger partial charge on any atom is -0.330 e. The van der Waals surface area contributed by atoms with Crippen molar-refractivity contribution in [3.05, 3.63) is 108 Å². The van der Waals surface area contributed by atoms with Crippen molar-refractivity contribution in [3.63, 3.8) is 0 Å². The van der Waals surface area contributed by atoms with Crippen molar-refractivity contribution in [2.75, 3.05) is 0 Å². The van der Waals surface area contributed by atoms with Gasteiger partial charge in [-0.2, -0.15) is 0 Å². The van der Waals surface area contributed by atoms with Crippen LogP contribution in [0.2, 0.25) is 0 Å². The predicted octanol–water partition coefficient (Wildman–Crippen LogP) is 5.23. The van der Waals surface area contributed by atoms with E-state index in [0.717, 1.165) is 28.8 Å². The molecule has 2 aliphatic rings. The first kappa shape index (κ1) is 16.3. The average molecular weight is 339 g/mol. The standard InChI is InChI=1S/C24H21NO/c1-2-24-17-9-10-18-25(24)22(20-13-7-4-8-14-20)21(23(24)26)16-15-19-11-5-3-6-12-19/h3-18H,2H2,1H3/b16-15+. The molecule has 0 saturated carbocycles. The molecule has 0 spiro atoms. The third-order valence-corrected chi connectivity index (χ3v) is 5.11. The number of fused-ring (bicyclic) bond motifs is 1. The van der Waals surface area contributed by atoms with Crippen molar-refractivity contribution >= 4 is 17.6 Å². The van der Waals surface area contributed by atoms with Crippen molar-refractivity contribution in [2.24, 2.45) is 0 Å². The van der Waals surface area contributed by atoms with Crippen LogP contribution >= 0.6 is 0 Å². The smallest absolute Gasteiger partial charge is 0.194 e. The summed E-state index contributed by atoms with van der Waals surface area (Å²) < 4.78 is 0. The largest absolute Gasteiger partial charge is 0.330 e. The zero-order valence-electron chi connectivity index (χ0n) is 14.8. The first-order chi connectivity index (χ1) is 12.8. The topological polar surface area (TPSA) is 20.3 Å². The quantitative estimate of drug-likeness (QED) is 0.760. The van der Waals surface area contributed by atoms with Gasteiger partial charge in [0, 0.05) is 11.8 Å². The number of hydrogen-bond donors (Lipinski definition) is 0. The Bertz CT molecular complexity index is 935. The summed E-state index contributed by atoms with van der Waals surface area (Å²) in [5.74, 6) is 0.159. The van der Waals surface area contributed by atoms with Gasteiger partial charge < -0.3 is 4.90 Å². The summed E-state index contributed by atoms with van der Waals surface area (Å²) in [7, 11) is 0. The van der Waals surface area contributed by atoms with Crippen molar-refractivity contribution in [1.29, 1.82) is 0 Å². The predicted molar refractivity (Wildman–Crippen MR) is 107 cm³/mol. The van der Waals surface area contributed by atoms with Crippen LogP contribution in [-0.2, 0) is 4.79 Å². The lowest BCUT2D eigenvalue weighted by Gasteiger charge is -2.36. The second-order valence-electron chi connectivity index (χ2n) is 6.55. The molecule has 0 aliphatic carbocycles. The second-order valence-corrected chi connectivity index (χ2v) is 6.55. The Labute approximate surface area is 154 Å². The van der Waals surface area contributed by atoms with Gasteiger partial charge in [-0.05, 0) is 29.7 Å². The van der Waals surface area contributed by atoms with E-state index in [9.17, 15) is 4.79 Å². The Balaban J connectivity index is 1.87. The number of Topliss-reactive ketones (excluding diaryl/α,β-unsaturated/α-hetero) is 1. The summed E-state index contributed by atoms with van der Waals surface area (Å²) >= 11 is 0. The number of benzene rings is 2. The SMILES string of the molecule is CCC12C=CC=CN1C(c1ccccc1)=C(/C=C/c1ccccc1)C2=O. The molecule has 2 heteroatoms. The van der Waals surface area contributed by atoms with Gasteiger partial charge in [-0.1, -0.05) is 85.8 Å². The second kappa shape index (κ2) is 6.64. The number of hydrogen-bond acceptors (Lipinski definition) is 2. The van der Waals surface area contributed by atoms with Gasteiger partial charge in [0.05, 0.1) is 5.70 Å². The first-order valence-electron chi connectivity index (χ1n) is 8.99. The number of ketones is 1. The van der Waals surface area contributed by atoms with Gasteiger partial charge in [0.25, 0.3) is 0 Å². The summed E-state index contributed by atoms with van der Waals surface area (Å²) in [6.45, 7) is 2.07. The summed E-state index contributed by atoms with van der Waals surface area (Å²) in [4.78, 5) is 15.6. The van der Waals surface area contributed by atoms with Crippen LogP contribution in [0.5, 0.6) is 0 Å². The number of carbonyl (C=O) groups is 1. The Morgan fingerprint density at radius 1 is 0.923 bits per heavy atom. The number of rotatable bonds is 4. The Hall–Kier alpha value is -3.13. The maximum atomic E-state index is 13.5. The molecule has 0 fully saturated rings. The van der Waals surface area contributed by atoms with Gasteiger partial charge in [0.2, 0.25) is 0 Å². The van der Waals surface area contributed by atoms with Gasteiger partial charge in [-0.15, -0.1) is 0 Å². The maximum Gasteiger partial charge on any atom is 0.194 e. The number of carbonyl (C=O) groups excluding carboxylic acids is 1. The van der Waals surface area contributed by atoms with Crippen LogP contribution < -0.4 is 0 Å². The van der Waals surface area contributed by atoms with Crippen LogP contribution in [0.15, 0.2) is 96.7 Å². The first-order valence-corrected chi connectivity index (χ1v) is 8.99. The summed E-state index contributed by atoms with van der Waals surface area (Å²) in [5.41, 5.74) is 3.27. The molecule has 2 aromatic carbocycles. The Morgan fingerprint density at radius 3 is 2.31 bits per heavy atom. The molecule has 2 nitrogen and oxygen atoms in total. The zero-order chi connectivity index (χ0) is 18.0. The molecule has 2 aliphatic heterocycles. The van der Waals surface area contributed by atoms with Crippen molar-refractivity contribution in [2.45, 2.75) is 18.9 Å². The van der Waals surface area contributed by atoms with Crippen LogP contribution in [0.25, 0.3) is 11.8 Å². The van der Waals surface area contributed by atoms with Gasteiger partial charge in [-0.3, -0.25) is 4.79 Å². The van der Waals surface area contributed by atoms with E-state index in [0.29, 0.717) is 0 Å². The molecule has 1 unspecified atom stereocenters. The normalized spacial score (nSPS) is 21.7. The fourth-order valence-corrected chi connectivity index (χ4v) is 3.73. The molecular weight excluding hydrogens is 318 g/mol. The molecule has 26 heavy (non-hydrogen) atoms. The van der Waals surface area contributed by atoms with Gasteiger partial charge >= 0.3 is 0 Å². The molecule has 4 rings (SSSR count). The number of allylic oxidation sites excluding steroid dienone is 3. The van der Waals surface area contributed by atoms with E-state index in [2.05, 4.69) is 24.0 Å². The molecule has 128 valence electrons. The van der Waals surface area contributed by atoms with Gasteiger partial charge in [0.1, 0.15) is 5.54 Å². The summed E-state index contributed by atoms with van der Waals surface area (Å²) in [6, 6.07) is 20.3. The third kappa shape index (κ3) is 2.55. The molecular formula is C24H21NO. The van der Waals surface area contributed by atoms with Crippen LogP contribution in [0.1, 0.15) is 24.5 Å². The minimum atomic E-state index is -0.615. The van der Waals surface area contributed by atoms with E-state index >= 15 is 0 Å². The highest BCUT2D eigenvalue weighted by Crippen LogP contribution is 2.44. The highest BCUT2D eigenvalue weighted by atomic mass is 16.1. The van der Waals surface area contributed by atoms with Crippen molar-refractivity contribution in [1.82, 2.24) is 4.90 Å². The van der Waals surface area contributed by atoms with Gasteiger partial charge in [-0.25, -0.2) is 0 Å². The number of nitrogens with zero attached hydrogens (tertiary/aromatic N) is 1. The van der Waals surface area contributed by atoms with Crippen LogP contribution in [-0.4, -0.2) is 16.2 Å². The molecule has 2 heterocycles. The van der Waals surface area contributed by atoms with Crippen LogP contribution in [0, 0.1) is 0 Å².